The van der Waals surface area contributed by atoms with E-state index in [0.717, 1.165) is 77.1 Å². The number of hydrogen-bond acceptors (Lipinski definition) is 10. The molecule has 0 spiro atoms. The Kier molecular flexibility index (Phi) is 9.85. The van der Waals surface area contributed by atoms with E-state index in [1.807, 2.05) is 6.07 Å². The molecule has 2 aliphatic rings. The van der Waals surface area contributed by atoms with E-state index in [0.29, 0.717) is 46.3 Å². The third kappa shape index (κ3) is 7.05. The minimum Gasteiger partial charge on any atom is -0.492 e. The van der Waals surface area contributed by atoms with Gasteiger partial charge in [-0.25, -0.2) is 9.97 Å². The molecule has 0 unspecified atom stereocenters. The average molecular weight is 604 g/mol. The molecule has 0 radical (unpaired) electrons. The van der Waals surface area contributed by atoms with Crippen molar-refractivity contribution in [1.82, 2.24) is 30.0 Å². The first kappa shape index (κ1) is 29.8. The Labute approximate surface area is 252 Å². The van der Waals surface area contributed by atoms with Crippen LogP contribution >= 0.6 is 23.2 Å². The Morgan fingerprint density at radius 1 is 1.07 bits per heavy atom. The zero-order valence-corrected chi connectivity index (χ0v) is 25.7. The number of halogens is 2. The van der Waals surface area contributed by atoms with E-state index in [-0.39, 0.29) is 11.7 Å². The number of ether oxygens (including phenoxy) is 1. The number of rotatable bonds is 10. The summed E-state index contributed by atoms with van der Waals surface area (Å²) in [4.78, 5) is 16.5. The van der Waals surface area contributed by atoms with Gasteiger partial charge >= 0.3 is 0 Å². The second-order valence-corrected chi connectivity index (χ2v) is 11.7. The molecule has 2 saturated heterocycles. The van der Waals surface area contributed by atoms with Gasteiger partial charge in [-0.15, -0.1) is 10.2 Å². The van der Waals surface area contributed by atoms with Gasteiger partial charge in [0.05, 0.1) is 11.6 Å². The molecule has 222 valence electrons. The van der Waals surface area contributed by atoms with E-state index in [1.54, 1.807) is 6.92 Å². The van der Waals surface area contributed by atoms with Crippen LogP contribution in [0.25, 0.3) is 11.6 Å². The molecule has 2 aromatic heterocycles. The van der Waals surface area contributed by atoms with Crippen molar-refractivity contribution < 1.29 is 9.15 Å². The van der Waals surface area contributed by atoms with Crippen LogP contribution in [-0.2, 0) is 6.54 Å². The van der Waals surface area contributed by atoms with Crippen molar-refractivity contribution in [2.75, 3.05) is 50.0 Å². The second-order valence-electron chi connectivity index (χ2n) is 10.9. The molecular weight excluding hydrogens is 563 g/mol. The summed E-state index contributed by atoms with van der Waals surface area (Å²) < 4.78 is 11.4. The lowest BCUT2D eigenvalue weighted by molar-refractivity contribution is 0.0610. The number of likely N-dealkylation sites (tertiary alicyclic amines) is 1. The van der Waals surface area contributed by atoms with E-state index in [1.165, 1.54) is 5.56 Å². The summed E-state index contributed by atoms with van der Waals surface area (Å²) in [6, 6.07) is 7.14. The zero-order chi connectivity index (χ0) is 28.9. The van der Waals surface area contributed by atoms with Crippen molar-refractivity contribution >= 4 is 34.8 Å². The molecule has 1 atom stereocenters. The van der Waals surface area contributed by atoms with Crippen LogP contribution in [0.3, 0.4) is 0 Å². The number of aryl methyl sites for hydroxylation is 1. The fourth-order valence-electron chi connectivity index (χ4n) is 5.83. The van der Waals surface area contributed by atoms with Gasteiger partial charge in [-0.2, -0.15) is 0 Å². The van der Waals surface area contributed by atoms with Gasteiger partial charge in [-0.1, -0.05) is 49.5 Å². The number of aromatic nitrogens is 4. The third-order valence-electron chi connectivity index (χ3n) is 8.07. The Morgan fingerprint density at radius 2 is 1.88 bits per heavy atom. The quantitative estimate of drug-likeness (QED) is 0.300. The molecule has 2 N–H and O–H groups in total. The molecule has 0 bridgehead atoms. The average Bonchev–Trinajstić information content (AvgIpc) is 3.41. The molecule has 10 nitrogen and oxygen atoms in total. The summed E-state index contributed by atoms with van der Waals surface area (Å²) in [7, 11) is 0. The molecular formula is C29H40Cl2N8O2. The Hall–Kier alpha value is -2.66. The number of nitrogens with zero attached hydrogens (tertiary/aromatic N) is 7. The molecule has 0 amide bonds. The number of unbranched alkanes of at least 4 members (excludes halogenated alkanes) is 1. The van der Waals surface area contributed by atoms with Crippen molar-refractivity contribution in [3.8, 4) is 17.3 Å². The Balaban J connectivity index is 1.17. The van der Waals surface area contributed by atoms with Gasteiger partial charge < -0.3 is 19.8 Å². The fourth-order valence-corrected chi connectivity index (χ4v) is 6.24. The van der Waals surface area contributed by atoms with Gasteiger partial charge in [0.15, 0.2) is 22.5 Å². The molecule has 2 fully saturated rings. The maximum atomic E-state index is 6.60. The molecule has 2 aliphatic heterocycles. The van der Waals surface area contributed by atoms with Gasteiger partial charge in [-0.3, -0.25) is 9.80 Å². The van der Waals surface area contributed by atoms with Crippen LogP contribution < -0.4 is 15.4 Å². The summed E-state index contributed by atoms with van der Waals surface area (Å²) in [5, 5.41) is 8.83. The first-order chi connectivity index (χ1) is 19.9. The SMILES string of the molecule is CCCCOc1cc(CN2CCC(N3CCN(c4nc(N)c(-c5nnc(C)o5)nc4Cl)C[C@@H]3CC)CC2)ccc1Cl. The van der Waals surface area contributed by atoms with E-state index < -0.39 is 0 Å². The van der Waals surface area contributed by atoms with E-state index >= 15 is 0 Å². The fraction of sp³-hybridized carbons (Fsp3) is 0.586. The summed E-state index contributed by atoms with van der Waals surface area (Å²) in [5.41, 5.74) is 7.81. The van der Waals surface area contributed by atoms with Crippen LogP contribution in [0.1, 0.15) is 57.4 Å². The van der Waals surface area contributed by atoms with Gasteiger partial charge in [-0.05, 0) is 56.5 Å². The van der Waals surface area contributed by atoms with Crippen LogP contribution in [0.4, 0.5) is 11.6 Å². The summed E-state index contributed by atoms with van der Waals surface area (Å²) in [6.07, 6.45) is 5.47. The normalized spacial score (nSPS) is 19.1. The summed E-state index contributed by atoms with van der Waals surface area (Å²) >= 11 is 13.0. The van der Waals surface area contributed by atoms with Crippen molar-refractivity contribution in [2.24, 2.45) is 0 Å². The lowest BCUT2D eigenvalue weighted by atomic mass is 9.98. The number of nitrogen functional groups attached to an aromatic ring is 1. The lowest BCUT2D eigenvalue weighted by Gasteiger charge is -2.47. The first-order valence-corrected chi connectivity index (χ1v) is 15.4. The minimum atomic E-state index is 0.223. The number of piperazine rings is 1. The molecule has 0 aliphatic carbocycles. The van der Waals surface area contributed by atoms with Gasteiger partial charge in [0.2, 0.25) is 5.89 Å². The van der Waals surface area contributed by atoms with E-state index in [2.05, 4.69) is 60.8 Å². The monoisotopic (exact) mass is 602 g/mol. The van der Waals surface area contributed by atoms with Crippen LogP contribution in [0.15, 0.2) is 22.6 Å². The molecule has 0 saturated carbocycles. The molecule has 3 aromatic rings. The number of nitrogens with two attached hydrogens (primary N) is 1. The topological polar surface area (TPSA) is 110 Å². The largest absolute Gasteiger partial charge is 0.492 e. The number of hydrogen-bond donors (Lipinski definition) is 1. The van der Waals surface area contributed by atoms with Crippen molar-refractivity contribution in [3.63, 3.8) is 0 Å². The molecule has 5 rings (SSSR count). The van der Waals surface area contributed by atoms with Gasteiger partial charge in [0.1, 0.15) is 5.75 Å². The van der Waals surface area contributed by atoms with Crippen LogP contribution in [0, 0.1) is 6.92 Å². The van der Waals surface area contributed by atoms with Crippen molar-refractivity contribution in [3.05, 3.63) is 39.8 Å². The predicted molar refractivity (Wildman–Crippen MR) is 163 cm³/mol. The summed E-state index contributed by atoms with van der Waals surface area (Å²) in [5.74, 6) is 2.29. The Morgan fingerprint density at radius 3 is 2.59 bits per heavy atom. The smallest absolute Gasteiger partial charge is 0.270 e. The van der Waals surface area contributed by atoms with Crippen LogP contribution in [0.5, 0.6) is 5.75 Å². The zero-order valence-electron chi connectivity index (χ0n) is 24.2. The third-order valence-corrected chi connectivity index (χ3v) is 8.64. The van der Waals surface area contributed by atoms with Gasteiger partial charge in [0, 0.05) is 45.2 Å². The maximum Gasteiger partial charge on any atom is 0.270 e. The molecule has 1 aromatic carbocycles. The predicted octanol–water partition coefficient (Wildman–Crippen LogP) is 5.47. The molecule has 4 heterocycles. The minimum absolute atomic E-state index is 0.223. The van der Waals surface area contributed by atoms with Crippen LogP contribution in [0.2, 0.25) is 10.2 Å². The van der Waals surface area contributed by atoms with Crippen molar-refractivity contribution in [1.29, 1.82) is 0 Å². The highest BCUT2D eigenvalue weighted by atomic mass is 35.5. The number of piperidine rings is 1. The van der Waals surface area contributed by atoms with Crippen LogP contribution in [-0.4, -0.2) is 81.4 Å². The number of anilines is 2. The van der Waals surface area contributed by atoms with E-state index in [9.17, 15) is 0 Å². The molecule has 41 heavy (non-hydrogen) atoms. The van der Waals surface area contributed by atoms with Gasteiger partial charge in [0.25, 0.3) is 5.89 Å². The number of benzene rings is 1. The highest BCUT2D eigenvalue weighted by Crippen LogP contribution is 2.33. The maximum absolute atomic E-state index is 6.60. The lowest BCUT2D eigenvalue weighted by Crippen LogP contribution is -2.58. The first-order valence-electron chi connectivity index (χ1n) is 14.6. The highest BCUT2D eigenvalue weighted by molar-refractivity contribution is 6.32. The second kappa shape index (κ2) is 13.5. The van der Waals surface area contributed by atoms with Crippen molar-refractivity contribution in [2.45, 2.75) is 71.5 Å². The van der Waals surface area contributed by atoms with E-state index in [4.69, 9.17) is 38.1 Å². The Bertz CT molecular complexity index is 1310. The highest BCUT2D eigenvalue weighted by Gasteiger charge is 2.34. The summed E-state index contributed by atoms with van der Waals surface area (Å²) in [6.45, 7) is 12.5. The molecule has 12 heteroatoms. The standard InChI is InChI=1S/C29H40Cl2N8O2/c1-4-6-15-40-24-16-20(7-8-23(24)30)17-37-11-9-22(10-12-37)39-14-13-38(18-21(39)5-2)28-26(31)33-25(27(32)34-28)29-36-35-19(3)41-29/h7-8,16,21-22H,4-6,9-15,17-18H2,1-3H3,(H2,32,34)/t21-/m0/s1.